The minimum absolute atomic E-state index is 0.0799. The van der Waals surface area contributed by atoms with E-state index in [4.69, 9.17) is 9.47 Å². The minimum Gasteiger partial charge on any atom is -0.444 e. The van der Waals surface area contributed by atoms with Crippen LogP contribution in [0.5, 0.6) is 0 Å². The third-order valence-corrected chi connectivity index (χ3v) is 8.02. The van der Waals surface area contributed by atoms with E-state index in [1.807, 2.05) is 44.2 Å². The van der Waals surface area contributed by atoms with Crippen LogP contribution in [0.1, 0.15) is 32.3 Å². The molecule has 0 radical (unpaired) electrons. The lowest BCUT2D eigenvalue weighted by Gasteiger charge is -2.46. The van der Waals surface area contributed by atoms with E-state index < -0.39 is 30.8 Å². The fraction of sp³-hybridized carbons (Fsp3) is 0.607. The molecule has 2 unspecified atom stereocenters. The van der Waals surface area contributed by atoms with E-state index in [9.17, 15) is 24.9 Å². The van der Waals surface area contributed by atoms with Gasteiger partial charge in [0.1, 0.15) is 17.7 Å². The largest absolute Gasteiger partial charge is 0.475 e. The number of hydrogen-bond donors (Lipinski definition) is 3. The number of piperidine rings is 1. The Bertz CT molecular complexity index is 1080. The van der Waals surface area contributed by atoms with E-state index in [-0.39, 0.29) is 24.4 Å². The van der Waals surface area contributed by atoms with Crippen LogP contribution >= 0.6 is 0 Å². The zero-order valence-corrected chi connectivity index (χ0v) is 23.4. The van der Waals surface area contributed by atoms with Crippen LogP contribution in [0.25, 0.3) is 0 Å². The van der Waals surface area contributed by atoms with Crippen LogP contribution in [-0.2, 0) is 20.7 Å². The van der Waals surface area contributed by atoms with Crippen molar-refractivity contribution in [3.63, 3.8) is 0 Å². The van der Waals surface area contributed by atoms with Gasteiger partial charge in [0.25, 0.3) is 5.91 Å². The summed E-state index contributed by atoms with van der Waals surface area (Å²) in [5.74, 6) is -1.32. The maximum absolute atomic E-state index is 13.4. The molecular weight excluding hydrogens is 513 g/mol. The highest BCUT2D eigenvalue weighted by Gasteiger charge is 2.35. The second-order valence-corrected chi connectivity index (χ2v) is 11.3. The van der Waals surface area contributed by atoms with Crippen LogP contribution in [0.4, 0.5) is 4.79 Å². The summed E-state index contributed by atoms with van der Waals surface area (Å²) < 4.78 is 10.9. The first-order valence-electron chi connectivity index (χ1n) is 14.0. The number of alkyl carbamates (subject to hydrolysis) is 1. The Morgan fingerprint density at radius 1 is 1.20 bits per heavy atom. The summed E-state index contributed by atoms with van der Waals surface area (Å²) in [6, 6.07) is 11.8. The van der Waals surface area contributed by atoms with Crippen molar-refractivity contribution in [3.05, 3.63) is 47.5 Å². The van der Waals surface area contributed by atoms with E-state index in [0.717, 1.165) is 45.0 Å². The summed E-state index contributed by atoms with van der Waals surface area (Å²) in [4.78, 5) is 32.2. The van der Waals surface area contributed by atoms with Crippen LogP contribution in [0.15, 0.2) is 42.0 Å². The summed E-state index contributed by atoms with van der Waals surface area (Å²) in [6.07, 6.45) is 1.81. The number of ether oxygens (including phenoxy) is 2. The number of carbonyl (C=O) groups excluding carboxylic acids is 2. The highest BCUT2D eigenvalue weighted by Crippen LogP contribution is 2.24. The topological polar surface area (TPSA) is 139 Å². The number of hydrogen-bond acceptors (Lipinski definition) is 9. The molecule has 4 rings (SSSR count). The van der Waals surface area contributed by atoms with Gasteiger partial charge in [-0.05, 0) is 44.7 Å². The SMILES string of the molecule is CC(C)(C=C(C#N)C(=O)N1CCCC(OC(=O)NC(Cc2ccccc2)B(O)O)C1)N1CCN(C2COC2)CC1. The van der Waals surface area contributed by atoms with Gasteiger partial charge in [0.15, 0.2) is 0 Å². The smallest absolute Gasteiger partial charge is 0.444 e. The summed E-state index contributed by atoms with van der Waals surface area (Å²) in [5.41, 5.74) is 0.438. The van der Waals surface area contributed by atoms with Crippen molar-refractivity contribution in [1.29, 1.82) is 5.26 Å². The number of amides is 2. The van der Waals surface area contributed by atoms with Gasteiger partial charge in [-0.3, -0.25) is 14.6 Å². The fourth-order valence-corrected chi connectivity index (χ4v) is 5.51. The predicted octanol–water partition coefficient (Wildman–Crippen LogP) is 0.572. The number of nitriles is 1. The number of piperazine rings is 1. The highest BCUT2D eigenvalue weighted by molar-refractivity contribution is 6.43. The van der Waals surface area contributed by atoms with Crippen LogP contribution in [0.2, 0.25) is 0 Å². The molecule has 0 spiro atoms. The van der Waals surface area contributed by atoms with E-state index in [2.05, 4.69) is 21.2 Å². The number of likely N-dealkylation sites (tertiary alicyclic amines) is 1. The minimum atomic E-state index is -1.76. The number of benzene rings is 1. The zero-order chi connectivity index (χ0) is 28.7. The molecule has 3 aliphatic heterocycles. The number of nitrogens with one attached hydrogen (secondary N) is 1. The normalized spacial score (nSPS) is 22.1. The third kappa shape index (κ3) is 7.83. The molecule has 3 heterocycles. The van der Waals surface area contributed by atoms with Crippen molar-refractivity contribution < 1.29 is 29.1 Å². The Balaban J connectivity index is 1.31. The second-order valence-electron chi connectivity index (χ2n) is 11.3. The average Bonchev–Trinajstić information content (AvgIpc) is 2.91. The molecular formula is C28H40BN5O6. The Labute approximate surface area is 236 Å². The molecule has 0 bridgehead atoms. The first-order chi connectivity index (χ1) is 19.2. The van der Waals surface area contributed by atoms with Crippen molar-refractivity contribution in [2.24, 2.45) is 0 Å². The number of rotatable bonds is 9. The Morgan fingerprint density at radius 2 is 1.90 bits per heavy atom. The van der Waals surface area contributed by atoms with Gasteiger partial charge in [-0.2, -0.15) is 5.26 Å². The van der Waals surface area contributed by atoms with Gasteiger partial charge in [-0.25, -0.2) is 4.79 Å². The van der Waals surface area contributed by atoms with Crippen LogP contribution in [-0.4, -0.2) is 120 Å². The molecule has 3 saturated heterocycles. The van der Waals surface area contributed by atoms with Gasteiger partial charge in [0.2, 0.25) is 0 Å². The molecule has 40 heavy (non-hydrogen) atoms. The number of nitrogens with zero attached hydrogens (tertiary/aromatic N) is 4. The summed E-state index contributed by atoms with van der Waals surface area (Å²) in [7, 11) is -1.76. The van der Waals surface area contributed by atoms with Gasteiger partial charge >= 0.3 is 13.2 Å². The van der Waals surface area contributed by atoms with Crippen molar-refractivity contribution in [2.45, 2.75) is 56.7 Å². The molecule has 0 saturated carbocycles. The van der Waals surface area contributed by atoms with E-state index in [1.165, 1.54) is 0 Å². The molecule has 3 aliphatic rings. The molecule has 216 valence electrons. The predicted molar refractivity (Wildman–Crippen MR) is 149 cm³/mol. The maximum atomic E-state index is 13.4. The van der Waals surface area contributed by atoms with E-state index in [0.29, 0.717) is 25.4 Å². The standard InChI is InChI=1S/C28H40BN5O6/c1-28(2,34-13-11-32(12-14-34)23-19-39-20-23)16-22(17-30)26(35)33-10-6-9-24(18-33)40-27(36)31-25(29(37)38)15-21-7-4-3-5-8-21/h3-5,7-8,16,23-25,37-38H,6,9-15,18-20H2,1-2H3,(H,31,36). The second kappa shape index (κ2) is 13.6. The van der Waals surface area contributed by atoms with E-state index >= 15 is 0 Å². The summed E-state index contributed by atoms with van der Waals surface area (Å²) >= 11 is 0. The van der Waals surface area contributed by atoms with E-state index in [1.54, 1.807) is 11.0 Å². The van der Waals surface area contributed by atoms with Gasteiger partial charge in [-0.1, -0.05) is 30.3 Å². The molecule has 3 fully saturated rings. The molecule has 12 heteroatoms. The molecule has 1 aromatic rings. The molecule has 0 aromatic heterocycles. The Morgan fingerprint density at radius 3 is 2.50 bits per heavy atom. The third-order valence-electron chi connectivity index (χ3n) is 8.02. The first-order valence-corrected chi connectivity index (χ1v) is 14.0. The van der Waals surface area contributed by atoms with Crippen molar-refractivity contribution in [1.82, 2.24) is 20.0 Å². The van der Waals surface area contributed by atoms with Crippen LogP contribution in [0.3, 0.4) is 0 Å². The quantitative estimate of drug-likeness (QED) is 0.228. The molecule has 3 N–H and O–H groups in total. The summed E-state index contributed by atoms with van der Waals surface area (Å²) in [5, 5.41) is 31.9. The maximum Gasteiger partial charge on any atom is 0.475 e. The molecule has 2 amide bonds. The van der Waals surface area contributed by atoms with Gasteiger partial charge < -0.3 is 29.7 Å². The average molecular weight is 553 g/mol. The molecule has 11 nitrogen and oxygen atoms in total. The van der Waals surface area contributed by atoms with Crippen molar-refractivity contribution >= 4 is 19.1 Å². The van der Waals surface area contributed by atoms with Crippen LogP contribution < -0.4 is 5.32 Å². The lowest BCUT2D eigenvalue weighted by molar-refractivity contribution is -0.129. The monoisotopic (exact) mass is 553 g/mol. The Hall–Kier alpha value is -2.95. The Kier molecular flexibility index (Phi) is 10.2. The number of carbonyl (C=O) groups is 2. The lowest BCUT2D eigenvalue weighted by Crippen LogP contribution is -2.59. The lowest BCUT2D eigenvalue weighted by atomic mass is 9.76. The molecule has 1 aromatic carbocycles. The van der Waals surface area contributed by atoms with Crippen LogP contribution in [0, 0.1) is 11.3 Å². The fourth-order valence-electron chi connectivity index (χ4n) is 5.51. The van der Waals surface area contributed by atoms with Crippen molar-refractivity contribution in [3.8, 4) is 6.07 Å². The van der Waals surface area contributed by atoms with Crippen molar-refractivity contribution in [2.75, 3.05) is 52.5 Å². The van der Waals surface area contributed by atoms with Gasteiger partial charge in [0, 0.05) is 38.3 Å². The van der Waals surface area contributed by atoms with Gasteiger partial charge in [-0.15, -0.1) is 0 Å². The highest BCUT2D eigenvalue weighted by atomic mass is 16.6. The summed E-state index contributed by atoms with van der Waals surface area (Å²) in [6.45, 7) is 9.78. The van der Waals surface area contributed by atoms with Gasteiger partial charge in [0.05, 0.1) is 31.7 Å². The first kappa shape index (κ1) is 30.0. The molecule has 2 atom stereocenters. The zero-order valence-electron chi connectivity index (χ0n) is 23.4. The molecule has 0 aliphatic carbocycles.